The molecule has 3 rings (SSSR count). The number of aromatic nitrogens is 1. The molecule has 2 unspecified atom stereocenters. The summed E-state index contributed by atoms with van der Waals surface area (Å²) in [6.07, 6.45) is 1.16. The van der Waals surface area contributed by atoms with Crippen molar-refractivity contribution in [2.24, 2.45) is 11.1 Å². The van der Waals surface area contributed by atoms with E-state index in [2.05, 4.69) is 10.3 Å². The average molecular weight is 313 g/mol. The monoisotopic (exact) mass is 313 g/mol. The van der Waals surface area contributed by atoms with Gasteiger partial charge in [0.25, 0.3) is 0 Å². The number of hydrogen-bond donors (Lipinski definition) is 2. The molecule has 2 atom stereocenters. The number of pyridine rings is 1. The Morgan fingerprint density at radius 1 is 1.45 bits per heavy atom. The van der Waals surface area contributed by atoms with Gasteiger partial charge in [-0.15, -0.1) is 0 Å². The van der Waals surface area contributed by atoms with E-state index in [9.17, 15) is 18.0 Å². The molecule has 2 fully saturated rings. The van der Waals surface area contributed by atoms with E-state index in [0.717, 1.165) is 37.7 Å². The van der Waals surface area contributed by atoms with E-state index in [4.69, 9.17) is 5.73 Å². The van der Waals surface area contributed by atoms with E-state index in [-0.39, 0.29) is 29.5 Å². The normalized spacial score (nSPS) is 26.2. The van der Waals surface area contributed by atoms with Crippen molar-refractivity contribution < 1.29 is 18.0 Å². The number of alkyl halides is 3. The zero-order chi connectivity index (χ0) is 16.0. The highest BCUT2D eigenvalue weighted by atomic mass is 19.4. The molecule has 4 nitrogen and oxygen atoms in total. The van der Waals surface area contributed by atoms with E-state index in [1.807, 2.05) is 0 Å². The van der Waals surface area contributed by atoms with Gasteiger partial charge in [0.05, 0.1) is 12.0 Å². The number of carbonyl (C=O) groups is 1. The summed E-state index contributed by atoms with van der Waals surface area (Å²) in [6.45, 7) is 0. The highest BCUT2D eigenvalue weighted by Gasteiger charge is 2.57. The maximum atomic E-state index is 12.9. The zero-order valence-corrected chi connectivity index (χ0v) is 12.0. The van der Waals surface area contributed by atoms with E-state index < -0.39 is 17.6 Å². The first-order valence-electron chi connectivity index (χ1n) is 7.38. The minimum atomic E-state index is -4.48. The molecular formula is C15H18F3N3O. The number of halogens is 3. The number of rotatable bonds is 3. The maximum absolute atomic E-state index is 12.9. The van der Waals surface area contributed by atoms with Gasteiger partial charge in [0.2, 0.25) is 5.91 Å². The van der Waals surface area contributed by atoms with E-state index >= 15 is 0 Å². The third-order valence-electron chi connectivity index (χ3n) is 5.10. The zero-order valence-electron chi connectivity index (χ0n) is 12.0. The number of hydrogen-bond acceptors (Lipinski definition) is 3. The first-order chi connectivity index (χ1) is 10.3. The Kier molecular flexibility index (Phi) is 3.63. The average Bonchev–Trinajstić information content (AvgIpc) is 2.35. The highest BCUT2D eigenvalue weighted by molar-refractivity contribution is 5.79. The summed E-state index contributed by atoms with van der Waals surface area (Å²) in [5.74, 6) is -0.401. The van der Waals surface area contributed by atoms with Crippen LogP contribution in [0, 0.1) is 5.41 Å². The van der Waals surface area contributed by atoms with Gasteiger partial charge in [-0.05, 0) is 30.9 Å². The fraction of sp³-hybridized carbons (Fsp3) is 0.600. The van der Waals surface area contributed by atoms with E-state index in [1.54, 1.807) is 0 Å². The molecule has 0 radical (unpaired) electrons. The van der Waals surface area contributed by atoms with Crippen LogP contribution >= 0.6 is 0 Å². The first kappa shape index (κ1) is 15.3. The molecule has 3 N–H and O–H groups in total. The summed E-state index contributed by atoms with van der Waals surface area (Å²) < 4.78 is 38.7. The van der Waals surface area contributed by atoms with Crippen molar-refractivity contribution >= 4 is 5.91 Å². The van der Waals surface area contributed by atoms with Gasteiger partial charge in [-0.2, -0.15) is 13.2 Å². The van der Waals surface area contributed by atoms with Crippen LogP contribution in [0.5, 0.6) is 0 Å². The lowest BCUT2D eigenvalue weighted by molar-refractivity contribution is -0.138. The Morgan fingerprint density at radius 2 is 2.18 bits per heavy atom. The van der Waals surface area contributed by atoms with Crippen LogP contribution in [0.25, 0.3) is 0 Å². The Bertz CT molecular complexity index is 584. The number of nitrogens with two attached hydrogens (primary N) is 1. The summed E-state index contributed by atoms with van der Waals surface area (Å²) in [5, 5.41) is 2.85. The lowest BCUT2D eigenvalue weighted by Crippen LogP contribution is -2.70. The molecule has 2 saturated carbocycles. The van der Waals surface area contributed by atoms with Crippen LogP contribution in [0.1, 0.15) is 36.8 Å². The van der Waals surface area contributed by atoms with Crippen LogP contribution in [-0.4, -0.2) is 23.0 Å². The molecule has 1 aromatic rings. The topological polar surface area (TPSA) is 68.0 Å². The minimum Gasteiger partial charge on any atom is -0.352 e. The van der Waals surface area contributed by atoms with Crippen LogP contribution in [0.4, 0.5) is 13.2 Å². The summed E-state index contributed by atoms with van der Waals surface area (Å²) in [7, 11) is 0. The molecule has 1 amide bonds. The number of amides is 1. The van der Waals surface area contributed by atoms with Gasteiger partial charge in [-0.25, -0.2) is 0 Å². The number of nitrogens with one attached hydrogen (secondary N) is 1. The van der Waals surface area contributed by atoms with Crippen molar-refractivity contribution in [2.75, 3.05) is 0 Å². The van der Waals surface area contributed by atoms with Crippen molar-refractivity contribution in [2.45, 2.75) is 50.4 Å². The van der Waals surface area contributed by atoms with E-state index in [1.165, 1.54) is 0 Å². The molecule has 2 aliphatic rings. The largest absolute Gasteiger partial charge is 0.416 e. The van der Waals surface area contributed by atoms with Gasteiger partial charge < -0.3 is 11.1 Å². The van der Waals surface area contributed by atoms with Crippen LogP contribution in [0.2, 0.25) is 0 Å². The quantitative estimate of drug-likeness (QED) is 0.897. The Hall–Kier alpha value is -1.63. The molecule has 0 aliphatic heterocycles. The van der Waals surface area contributed by atoms with Crippen molar-refractivity contribution in [3.63, 3.8) is 0 Å². The van der Waals surface area contributed by atoms with Gasteiger partial charge >= 0.3 is 6.18 Å². The second kappa shape index (κ2) is 5.22. The summed E-state index contributed by atoms with van der Waals surface area (Å²) >= 11 is 0. The second-order valence-corrected chi connectivity index (χ2v) is 6.26. The Morgan fingerprint density at radius 3 is 2.73 bits per heavy atom. The van der Waals surface area contributed by atoms with Crippen LogP contribution in [0.15, 0.2) is 18.5 Å². The lowest BCUT2D eigenvalue weighted by Gasteiger charge is -2.60. The molecule has 0 aromatic carbocycles. The minimum absolute atomic E-state index is 0.00485. The molecular weight excluding hydrogens is 295 g/mol. The van der Waals surface area contributed by atoms with Crippen LogP contribution < -0.4 is 11.1 Å². The lowest BCUT2D eigenvalue weighted by atomic mass is 9.50. The SMILES string of the molecule is NC1CC(NC(=O)Cc2cnccc2C(F)(F)F)C12CCC2. The third-order valence-corrected chi connectivity index (χ3v) is 5.10. The van der Waals surface area contributed by atoms with Gasteiger partial charge in [-0.3, -0.25) is 9.78 Å². The van der Waals surface area contributed by atoms with Gasteiger partial charge in [0, 0.05) is 29.9 Å². The first-order valence-corrected chi connectivity index (χ1v) is 7.38. The van der Waals surface area contributed by atoms with Crippen LogP contribution in [0.3, 0.4) is 0 Å². The molecule has 1 aromatic heterocycles. The summed E-state index contributed by atoms with van der Waals surface area (Å²) in [5.41, 5.74) is 5.09. The molecule has 22 heavy (non-hydrogen) atoms. The molecule has 120 valence electrons. The molecule has 1 spiro atoms. The molecule has 2 aliphatic carbocycles. The van der Waals surface area contributed by atoms with Crippen molar-refractivity contribution in [3.05, 3.63) is 29.6 Å². The van der Waals surface area contributed by atoms with Crippen molar-refractivity contribution in [1.82, 2.24) is 10.3 Å². The van der Waals surface area contributed by atoms with Gasteiger partial charge in [-0.1, -0.05) is 6.42 Å². The Labute approximate surface area is 126 Å². The van der Waals surface area contributed by atoms with Gasteiger partial charge in [0.15, 0.2) is 0 Å². The smallest absolute Gasteiger partial charge is 0.352 e. The molecule has 0 saturated heterocycles. The van der Waals surface area contributed by atoms with Crippen molar-refractivity contribution in [3.8, 4) is 0 Å². The molecule has 7 heteroatoms. The Balaban J connectivity index is 1.66. The van der Waals surface area contributed by atoms with Gasteiger partial charge in [0.1, 0.15) is 0 Å². The highest BCUT2D eigenvalue weighted by Crippen LogP contribution is 2.55. The van der Waals surface area contributed by atoms with Crippen LogP contribution in [-0.2, 0) is 17.4 Å². The standard InChI is InChI=1S/C15H18F3N3O/c16-15(17,18)10-2-5-20-8-9(10)6-13(22)21-12-7-11(19)14(12)3-1-4-14/h2,5,8,11-12H,1,3-4,6-7,19H2,(H,21,22). The fourth-order valence-electron chi connectivity index (χ4n) is 3.59. The third kappa shape index (κ3) is 2.47. The summed E-state index contributed by atoms with van der Waals surface area (Å²) in [6, 6.07) is 0.986. The second-order valence-electron chi connectivity index (χ2n) is 6.26. The number of carbonyl (C=O) groups excluding carboxylic acids is 1. The predicted molar refractivity (Wildman–Crippen MR) is 73.8 cm³/mol. The fourth-order valence-corrected chi connectivity index (χ4v) is 3.59. The van der Waals surface area contributed by atoms with Crippen molar-refractivity contribution in [1.29, 1.82) is 0 Å². The molecule has 0 bridgehead atoms. The maximum Gasteiger partial charge on any atom is 0.416 e. The molecule has 1 heterocycles. The number of nitrogens with zero attached hydrogens (tertiary/aromatic N) is 1. The predicted octanol–water partition coefficient (Wildman–Crippen LogP) is 2.03. The van der Waals surface area contributed by atoms with E-state index in [0.29, 0.717) is 6.42 Å². The summed E-state index contributed by atoms with van der Waals surface area (Å²) in [4.78, 5) is 15.8.